The molecular weight excluding hydrogens is 475 g/mol. The van der Waals surface area contributed by atoms with Gasteiger partial charge >= 0.3 is 5.97 Å². The van der Waals surface area contributed by atoms with Gasteiger partial charge in [0.2, 0.25) is 11.9 Å². The number of aromatic nitrogens is 4. The summed E-state index contributed by atoms with van der Waals surface area (Å²) in [5.41, 5.74) is 2.35. The zero-order chi connectivity index (χ0) is 25.8. The fraction of sp³-hybridized carbons (Fsp3) is 0.333. The Morgan fingerprint density at radius 1 is 1.05 bits per heavy atom. The van der Waals surface area contributed by atoms with Crippen molar-refractivity contribution in [1.82, 2.24) is 19.5 Å². The number of anilines is 4. The molecule has 10 heteroatoms. The van der Waals surface area contributed by atoms with Crippen LogP contribution in [0.3, 0.4) is 0 Å². The van der Waals surface area contributed by atoms with E-state index in [0.29, 0.717) is 48.2 Å². The molecule has 1 saturated carbocycles. The number of methoxy groups -OCH3 is 1. The minimum Gasteiger partial charge on any atom is -0.497 e. The van der Waals surface area contributed by atoms with E-state index in [9.17, 15) is 9.18 Å². The van der Waals surface area contributed by atoms with Crippen molar-refractivity contribution in [2.75, 3.05) is 24.4 Å². The number of fused-ring (bicyclic) bond motifs is 1. The molecular formula is C27H29FN6O3. The minimum atomic E-state index is -0.375. The Bertz CT molecular complexity index is 1380. The van der Waals surface area contributed by atoms with E-state index in [1.54, 1.807) is 31.5 Å². The van der Waals surface area contributed by atoms with E-state index in [1.165, 1.54) is 6.07 Å². The highest BCUT2D eigenvalue weighted by Crippen LogP contribution is 2.37. The molecule has 0 unspecified atom stereocenters. The number of benzene rings is 2. The molecule has 0 saturated heterocycles. The van der Waals surface area contributed by atoms with Crippen molar-refractivity contribution >= 4 is 40.4 Å². The minimum absolute atomic E-state index is 0.0219. The third-order valence-electron chi connectivity index (χ3n) is 6.58. The normalized spacial score (nSPS) is 17.4. The molecule has 4 aromatic rings. The molecule has 0 amide bonds. The smallest absolute Gasteiger partial charge is 0.308 e. The molecule has 2 heterocycles. The lowest BCUT2D eigenvalue weighted by atomic mass is 9.86. The molecule has 0 atom stereocenters. The average Bonchev–Trinajstić information content (AvgIpc) is 3.28. The summed E-state index contributed by atoms with van der Waals surface area (Å²) in [6.45, 7) is 2.20. The maximum Gasteiger partial charge on any atom is 0.308 e. The van der Waals surface area contributed by atoms with E-state index in [0.717, 1.165) is 24.3 Å². The first kappa shape index (κ1) is 24.5. The topological polar surface area (TPSA) is 103 Å². The summed E-state index contributed by atoms with van der Waals surface area (Å²) in [5, 5.41) is 6.37. The highest BCUT2D eigenvalue weighted by atomic mass is 19.1. The maximum absolute atomic E-state index is 14.5. The molecule has 0 radical (unpaired) electrons. The monoisotopic (exact) mass is 504 g/mol. The summed E-state index contributed by atoms with van der Waals surface area (Å²) >= 11 is 0. The number of hydrogen-bond donors (Lipinski definition) is 2. The van der Waals surface area contributed by atoms with Gasteiger partial charge in [-0.3, -0.25) is 9.36 Å². The van der Waals surface area contributed by atoms with Crippen molar-refractivity contribution in [1.29, 1.82) is 0 Å². The van der Waals surface area contributed by atoms with Crippen LogP contribution in [0.2, 0.25) is 0 Å². The van der Waals surface area contributed by atoms with Gasteiger partial charge in [-0.1, -0.05) is 12.1 Å². The van der Waals surface area contributed by atoms with E-state index in [2.05, 4.69) is 15.6 Å². The van der Waals surface area contributed by atoms with Gasteiger partial charge in [-0.25, -0.2) is 14.4 Å². The zero-order valence-corrected chi connectivity index (χ0v) is 20.8. The molecule has 2 aromatic carbocycles. The molecule has 0 bridgehead atoms. The zero-order valence-electron chi connectivity index (χ0n) is 20.8. The first-order valence-electron chi connectivity index (χ1n) is 12.4. The van der Waals surface area contributed by atoms with Crippen molar-refractivity contribution in [3.63, 3.8) is 0 Å². The number of ether oxygens (including phenoxy) is 2. The summed E-state index contributed by atoms with van der Waals surface area (Å²) in [5.74, 6) is 1.01. The number of nitrogens with one attached hydrogen (secondary N) is 2. The third kappa shape index (κ3) is 5.32. The standard InChI is InChI=1S/C27H29FN6O3/c1-3-37-25(35)17-8-12-19(13-9-17)34-24-23(32-27(34)31-22-7-5-4-6-21(22)28)16-29-26(33-24)30-18-10-14-20(36-2)15-11-18/h4-7,10-11,14-17,19H,3,8-9,12-13H2,1-2H3,(H,31,32)(H,29,30,33). The fourth-order valence-electron chi connectivity index (χ4n) is 4.70. The average molecular weight is 505 g/mol. The largest absolute Gasteiger partial charge is 0.497 e. The lowest BCUT2D eigenvalue weighted by Gasteiger charge is -2.29. The van der Waals surface area contributed by atoms with Gasteiger partial charge in [0, 0.05) is 11.7 Å². The van der Waals surface area contributed by atoms with Crippen molar-refractivity contribution in [2.24, 2.45) is 5.92 Å². The van der Waals surface area contributed by atoms with Crippen LogP contribution in [0.25, 0.3) is 11.2 Å². The number of halogens is 1. The highest BCUT2D eigenvalue weighted by molar-refractivity contribution is 5.77. The second-order valence-electron chi connectivity index (χ2n) is 8.92. The van der Waals surface area contributed by atoms with Crippen molar-refractivity contribution < 1.29 is 18.7 Å². The molecule has 1 aliphatic carbocycles. The Hall–Kier alpha value is -4.21. The second kappa shape index (κ2) is 10.8. The number of nitrogens with zero attached hydrogens (tertiary/aromatic N) is 4. The van der Waals surface area contributed by atoms with Gasteiger partial charge in [0.05, 0.1) is 31.5 Å². The molecule has 9 nitrogen and oxygen atoms in total. The molecule has 2 N–H and O–H groups in total. The Morgan fingerprint density at radius 2 is 1.81 bits per heavy atom. The van der Waals surface area contributed by atoms with Crippen LogP contribution in [0.5, 0.6) is 5.75 Å². The van der Waals surface area contributed by atoms with E-state index in [4.69, 9.17) is 19.4 Å². The number of carbonyl (C=O) groups excluding carboxylic acids is 1. The summed E-state index contributed by atoms with van der Waals surface area (Å²) in [6, 6.07) is 14.0. The first-order chi connectivity index (χ1) is 18.1. The van der Waals surface area contributed by atoms with Gasteiger partial charge in [0.1, 0.15) is 17.1 Å². The summed E-state index contributed by atoms with van der Waals surface area (Å²) < 4.78 is 26.9. The van der Waals surface area contributed by atoms with Crippen molar-refractivity contribution in [3.8, 4) is 5.75 Å². The van der Waals surface area contributed by atoms with Crippen LogP contribution in [-0.4, -0.2) is 39.2 Å². The summed E-state index contributed by atoms with van der Waals surface area (Å²) in [4.78, 5) is 26.2. The molecule has 2 aromatic heterocycles. The van der Waals surface area contributed by atoms with Crippen LogP contribution in [0, 0.1) is 11.7 Å². The summed E-state index contributed by atoms with van der Waals surface area (Å²) in [6.07, 6.45) is 4.54. The number of carbonyl (C=O) groups is 1. The number of esters is 1. The fourth-order valence-corrected chi connectivity index (χ4v) is 4.70. The molecule has 5 rings (SSSR count). The maximum atomic E-state index is 14.5. The van der Waals surface area contributed by atoms with Gasteiger partial charge in [0.15, 0.2) is 5.65 Å². The van der Waals surface area contributed by atoms with E-state index in [-0.39, 0.29) is 23.7 Å². The second-order valence-corrected chi connectivity index (χ2v) is 8.92. The van der Waals surface area contributed by atoms with Gasteiger partial charge in [-0.15, -0.1) is 0 Å². The third-order valence-corrected chi connectivity index (χ3v) is 6.58. The Morgan fingerprint density at radius 3 is 2.51 bits per heavy atom. The van der Waals surface area contributed by atoms with Crippen LogP contribution >= 0.6 is 0 Å². The molecule has 1 aliphatic rings. The quantitative estimate of drug-likeness (QED) is 0.292. The van der Waals surface area contributed by atoms with Crippen LogP contribution in [-0.2, 0) is 9.53 Å². The van der Waals surface area contributed by atoms with Gasteiger partial charge in [0.25, 0.3) is 0 Å². The van der Waals surface area contributed by atoms with Gasteiger partial charge < -0.3 is 20.1 Å². The molecule has 37 heavy (non-hydrogen) atoms. The molecule has 0 spiro atoms. The molecule has 1 fully saturated rings. The van der Waals surface area contributed by atoms with E-state index < -0.39 is 0 Å². The molecule has 0 aliphatic heterocycles. The van der Waals surface area contributed by atoms with Crippen LogP contribution in [0.4, 0.5) is 27.7 Å². The van der Waals surface area contributed by atoms with Gasteiger partial charge in [-0.2, -0.15) is 4.98 Å². The first-order valence-corrected chi connectivity index (χ1v) is 12.4. The van der Waals surface area contributed by atoms with Crippen molar-refractivity contribution in [3.05, 3.63) is 60.5 Å². The predicted octanol–water partition coefficient (Wildman–Crippen LogP) is 5.76. The lowest BCUT2D eigenvalue weighted by molar-refractivity contribution is -0.149. The molecule has 192 valence electrons. The SMILES string of the molecule is CCOC(=O)C1CCC(n2c(Nc3ccccc3F)nc3cnc(Nc4ccc(OC)cc4)nc32)CC1. The van der Waals surface area contributed by atoms with E-state index >= 15 is 0 Å². The Kier molecular flexibility index (Phi) is 7.16. The Balaban J connectivity index is 1.48. The highest BCUT2D eigenvalue weighted by Gasteiger charge is 2.31. The van der Waals surface area contributed by atoms with Crippen LogP contribution in [0.15, 0.2) is 54.7 Å². The lowest BCUT2D eigenvalue weighted by Crippen LogP contribution is -2.25. The number of para-hydroxylation sites is 1. The van der Waals surface area contributed by atoms with Crippen LogP contribution in [0.1, 0.15) is 38.6 Å². The van der Waals surface area contributed by atoms with E-state index in [1.807, 2.05) is 35.8 Å². The predicted molar refractivity (Wildman–Crippen MR) is 139 cm³/mol. The number of hydrogen-bond acceptors (Lipinski definition) is 8. The number of rotatable bonds is 8. The van der Waals surface area contributed by atoms with Crippen molar-refractivity contribution in [2.45, 2.75) is 38.6 Å². The number of imidazole rings is 1. The van der Waals surface area contributed by atoms with Crippen LogP contribution < -0.4 is 15.4 Å². The van der Waals surface area contributed by atoms with Gasteiger partial charge in [-0.05, 0) is 69.0 Å². The summed E-state index contributed by atoms with van der Waals surface area (Å²) in [7, 11) is 1.62. The Labute approximate surface area is 214 Å².